The quantitative estimate of drug-likeness (QED) is 0.172. The van der Waals surface area contributed by atoms with Gasteiger partial charge in [0.2, 0.25) is 0 Å². The Morgan fingerprint density at radius 3 is 1.19 bits per heavy atom. The van der Waals surface area contributed by atoms with Gasteiger partial charge in [0, 0.05) is 0 Å². The summed E-state index contributed by atoms with van der Waals surface area (Å²) in [6.45, 7) is 14.4. The van der Waals surface area contributed by atoms with Crippen molar-refractivity contribution < 1.29 is 0 Å². The summed E-state index contributed by atoms with van der Waals surface area (Å²) in [7, 11) is 0. The average Bonchev–Trinajstić information content (AvgIpc) is 3.55. The van der Waals surface area contributed by atoms with Gasteiger partial charge in [-0.25, -0.2) is 0 Å². The third kappa shape index (κ3) is 7.20. The van der Waals surface area contributed by atoms with Gasteiger partial charge in [-0.1, -0.05) is 225 Å². The first-order chi connectivity index (χ1) is 25.7. The van der Waals surface area contributed by atoms with Crippen molar-refractivity contribution in [1.29, 1.82) is 0 Å². The number of hydrogen-bond donors (Lipinski definition) is 0. The van der Waals surface area contributed by atoms with Crippen LogP contribution in [-0.2, 0) is 0 Å². The van der Waals surface area contributed by atoms with E-state index in [4.69, 9.17) is 0 Å². The molecule has 0 radical (unpaired) electrons. The number of fused-ring (bicyclic) bond motifs is 4. The summed E-state index contributed by atoms with van der Waals surface area (Å²) in [5.41, 5.74) is 16.7. The lowest BCUT2D eigenvalue weighted by atomic mass is 9.82. The predicted molar refractivity (Wildman–Crippen MR) is 238 cm³/mol. The molecule has 53 heavy (non-hydrogen) atoms. The second-order valence-corrected chi connectivity index (χ2v) is 12.8. The van der Waals surface area contributed by atoms with E-state index in [2.05, 4.69) is 185 Å². The van der Waals surface area contributed by atoms with E-state index in [9.17, 15) is 0 Å². The Kier molecular flexibility index (Phi) is 12.8. The van der Waals surface area contributed by atoms with Crippen LogP contribution in [-0.4, -0.2) is 0 Å². The first-order valence-electron chi connectivity index (χ1n) is 19.1. The molecule has 0 saturated heterocycles. The molecular weight excluding hydrogens is 637 g/mol. The van der Waals surface area contributed by atoms with Gasteiger partial charge in [-0.05, 0) is 95.2 Å². The molecule has 0 saturated carbocycles. The minimum atomic E-state index is 0. The molecule has 0 heteroatoms. The van der Waals surface area contributed by atoms with Crippen LogP contribution in [0.3, 0.4) is 0 Å². The fourth-order valence-electron chi connectivity index (χ4n) is 7.45. The van der Waals surface area contributed by atoms with Crippen molar-refractivity contribution in [3.8, 4) is 66.8 Å². The Morgan fingerprint density at radius 2 is 0.698 bits per heavy atom. The molecule has 0 fully saturated rings. The lowest BCUT2D eigenvalue weighted by molar-refractivity contribution is 1.09. The minimum absolute atomic E-state index is 0. The Hall–Kier alpha value is -5.72. The van der Waals surface area contributed by atoms with E-state index >= 15 is 0 Å². The largest absolute Gasteiger partial charge is 0.0776 e. The molecule has 0 spiro atoms. The van der Waals surface area contributed by atoms with Crippen molar-refractivity contribution in [3.63, 3.8) is 0 Å². The highest BCUT2D eigenvalue weighted by atomic mass is 14.3. The fraction of sp³-hybridized carbons (Fsp3) is 0.170. The molecule has 0 N–H and O–H groups in total. The van der Waals surface area contributed by atoms with Gasteiger partial charge in [0.05, 0.1) is 0 Å². The fourth-order valence-corrected chi connectivity index (χ4v) is 7.45. The zero-order valence-electron chi connectivity index (χ0n) is 31.8. The third-order valence-corrected chi connectivity index (χ3v) is 9.50. The molecule has 1 aliphatic carbocycles. The SMILES string of the molecule is C.CC.CC.CCC.Cc1ccc(-c2ccc(-c3ccc4c5c(cccc35)-c3c-4c(-c4ccccc4)c4ccccc4c3-c3ccccc3)cc2)cc1. The van der Waals surface area contributed by atoms with Crippen molar-refractivity contribution in [2.75, 3.05) is 0 Å². The number of rotatable bonds is 4. The lowest BCUT2D eigenvalue weighted by Crippen LogP contribution is -1.93. The van der Waals surface area contributed by atoms with E-state index in [1.807, 2.05) is 27.7 Å². The van der Waals surface area contributed by atoms with Crippen LogP contribution in [0.4, 0.5) is 0 Å². The molecule has 0 amide bonds. The van der Waals surface area contributed by atoms with Gasteiger partial charge >= 0.3 is 0 Å². The normalized spacial score (nSPS) is 10.5. The van der Waals surface area contributed by atoms with E-state index in [0.717, 1.165) is 0 Å². The maximum Gasteiger partial charge on any atom is -0.000741 e. The molecule has 266 valence electrons. The van der Waals surface area contributed by atoms with Crippen LogP contribution >= 0.6 is 0 Å². The molecular formula is C53H54. The van der Waals surface area contributed by atoms with Crippen LogP contribution < -0.4 is 0 Å². The standard InChI is InChI=1S/C45H30.C3H8.2C2H6.CH4/c1-29-19-21-30(22-20-29)31-23-25-32(26-24-31)35-27-28-40-43-36(35)17-10-18-39(43)44-41(33-11-4-2-5-12-33)37-15-8-9-16-38(37)42(45(40)44)34-13-6-3-7-14-34;1-3-2;2*1-2;/h2-28H,1H3;3H2,1-2H3;2*1-2H3;1H4. The highest BCUT2D eigenvalue weighted by Crippen LogP contribution is 2.58. The number of hydrogen-bond acceptors (Lipinski definition) is 0. The van der Waals surface area contributed by atoms with Crippen molar-refractivity contribution in [1.82, 2.24) is 0 Å². The third-order valence-electron chi connectivity index (χ3n) is 9.50. The van der Waals surface area contributed by atoms with E-state index in [0.29, 0.717) is 0 Å². The maximum absolute atomic E-state index is 2.37. The van der Waals surface area contributed by atoms with Crippen LogP contribution in [0.2, 0.25) is 0 Å². The smallest absolute Gasteiger partial charge is 0.000741 e. The minimum Gasteiger partial charge on any atom is -0.0776 e. The van der Waals surface area contributed by atoms with Crippen molar-refractivity contribution in [2.24, 2.45) is 0 Å². The summed E-state index contributed by atoms with van der Waals surface area (Å²) in [6.07, 6.45) is 1.25. The van der Waals surface area contributed by atoms with E-state index in [1.54, 1.807) is 0 Å². The summed E-state index contributed by atoms with van der Waals surface area (Å²) in [5.74, 6) is 0. The summed E-state index contributed by atoms with van der Waals surface area (Å²) >= 11 is 0. The molecule has 1 aliphatic rings. The molecule has 0 atom stereocenters. The van der Waals surface area contributed by atoms with Crippen LogP contribution in [0.1, 0.15) is 61.0 Å². The number of aryl methyl sites for hydroxylation is 1. The van der Waals surface area contributed by atoms with Crippen LogP contribution in [0.5, 0.6) is 0 Å². The maximum atomic E-state index is 2.37. The molecule has 0 unspecified atom stereocenters. The molecule has 8 aromatic rings. The van der Waals surface area contributed by atoms with E-state index in [-0.39, 0.29) is 7.43 Å². The zero-order chi connectivity index (χ0) is 36.6. The molecule has 8 aromatic carbocycles. The van der Waals surface area contributed by atoms with Gasteiger partial charge in [-0.2, -0.15) is 0 Å². The molecule has 0 nitrogen and oxygen atoms in total. The van der Waals surface area contributed by atoms with Crippen molar-refractivity contribution in [3.05, 3.63) is 169 Å². The van der Waals surface area contributed by atoms with Crippen LogP contribution in [0, 0.1) is 6.92 Å². The molecule has 0 heterocycles. The number of benzene rings is 8. The second-order valence-electron chi connectivity index (χ2n) is 12.8. The van der Waals surface area contributed by atoms with Gasteiger partial charge in [0.1, 0.15) is 0 Å². The summed E-state index contributed by atoms with van der Waals surface area (Å²) in [6, 6.07) is 60.3. The van der Waals surface area contributed by atoms with E-state index in [1.165, 1.54) is 100 Å². The molecule has 0 aromatic heterocycles. The highest BCUT2D eigenvalue weighted by molar-refractivity contribution is 6.28. The highest BCUT2D eigenvalue weighted by Gasteiger charge is 2.31. The average molecular weight is 691 g/mol. The Morgan fingerprint density at radius 1 is 0.321 bits per heavy atom. The van der Waals surface area contributed by atoms with Gasteiger partial charge in [0.25, 0.3) is 0 Å². The molecule has 0 bridgehead atoms. The Balaban J connectivity index is 0.000000637. The van der Waals surface area contributed by atoms with Gasteiger partial charge in [-0.15, -0.1) is 0 Å². The van der Waals surface area contributed by atoms with Gasteiger partial charge < -0.3 is 0 Å². The first-order valence-corrected chi connectivity index (χ1v) is 19.1. The predicted octanol–water partition coefficient (Wildman–Crippen LogP) is 16.7. The first kappa shape index (κ1) is 38.5. The summed E-state index contributed by atoms with van der Waals surface area (Å²) < 4.78 is 0. The van der Waals surface area contributed by atoms with E-state index < -0.39 is 0 Å². The second kappa shape index (κ2) is 17.7. The van der Waals surface area contributed by atoms with Gasteiger partial charge in [-0.3, -0.25) is 0 Å². The molecule has 9 rings (SSSR count). The van der Waals surface area contributed by atoms with Crippen molar-refractivity contribution >= 4 is 21.5 Å². The van der Waals surface area contributed by atoms with Crippen LogP contribution in [0.25, 0.3) is 88.3 Å². The molecule has 0 aliphatic heterocycles. The lowest BCUT2D eigenvalue weighted by Gasteiger charge is -2.20. The summed E-state index contributed by atoms with van der Waals surface area (Å²) in [5, 5.41) is 5.22. The van der Waals surface area contributed by atoms with Crippen molar-refractivity contribution in [2.45, 2.75) is 62.3 Å². The topological polar surface area (TPSA) is 0 Å². The van der Waals surface area contributed by atoms with Gasteiger partial charge in [0.15, 0.2) is 0 Å². The Bertz CT molecular complexity index is 2300. The van der Waals surface area contributed by atoms with Crippen LogP contribution in [0.15, 0.2) is 164 Å². The summed E-state index contributed by atoms with van der Waals surface area (Å²) in [4.78, 5) is 0. The Labute approximate surface area is 318 Å². The monoisotopic (exact) mass is 690 g/mol. The zero-order valence-corrected chi connectivity index (χ0v) is 31.8.